The van der Waals surface area contributed by atoms with Gasteiger partial charge in [-0.15, -0.1) is 11.6 Å². The highest BCUT2D eigenvalue weighted by Gasteiger charge is 2.16. The van der Waals surface area contributed by atoms with Gasteiger partial charge >= 0.3 is 0 Å². The fraction of sp³-hybridized carbons (Fsp3) is 0.778. The molecule has 6 heteroatoms. The highest BCUT2D eigenvalue weighted by molar-refractivity contribution is 6.30. The number of likely N-dealkylation sites (N-methyl/N-ethyl adjacent to an activating group) is 1. The van der Waals surface area contributed by atoms with Gasteiger partial charge in [0.1, 0.15) is 5.38 Å². The molecule has 0 bridgehead atoms. The molecule has 88 valence electrons. The van der Waals surface area contributed by atoms with Crippen molar-refractivity contribution in [1.82, 2.24) is 10.2 Å². The third-order valence-electron chi connectivity index (χ3n) is 1.73. The van der Waals surface area contributed by atoms with Crippen molar-refractivity contribution in [3.05, 3.63) is 0 Å². The lowest BCUT2D eigenvalue weighted by molar-refractivity contribution is -0.134. The molecule has 1 unspecified atom stereocenters. The van der Waals surface area contributed by atoms with E-state index in [4.69, 9.17) is 16.3 Å². The first-order valence-corrected chi connectivity index (χ1v) is 5.07. The average molecular weight is 237 g/mol. The fourth-order valence-electron chi connectivity index (χ4n) is 0.945. The Balaban J connectivity index is 3.81. The van der Waals surface area contributed by atoms with Crippen LogP contribution in [0.3, 0.4) is 0 Å². The number of methoxy groups -OCH3 is 1. The third kappa shape index (κ3) is 6.30. The minimum Gasteiger partial charge on any atom is -0.383 e. The van der Waals surface area contributed by atoms with Crippen molar-refractivity contribution in [2.45, 2.75) is 12.3 Å². The van der Waals surface area contributed by atoms with Crippen molar-refractivity contribution in [2.75, 3.05) is 33.9 Å². The smallest absolute Gasteiger partial charge is 0.240 e. The van der Waals surface area contributed by atoms with Gasteiger partial charge in [-0.3, -0.25) is 9.59 Å². The zero-order valence-corrected chi connectivity index (χ0v) is 10.0. The van der Waals surface area contributed by atoms with Crippen molar-refractivity contribution in [3.8, 4) is 0 Å². The molecule has 5 nitrogen and oxygen atoms in total. The van der Waals surface area contributed by atoms with Gasteiger partial charge in [-0.25, -0.2) is 0 Å². The Morgan fingerprint density at radius 1 is 1.53 bits per heavy atom. The van der Waals surface area contributed by atoms with Crippen molar-refractivity contribution in [1.29, 1.82) is 0 Å². The van der Waals surface area contributed by atoms with E-state index < -0.39 is 5.38 Å². The summed E-state index contributed by atoms with van der Waals surface area (Å²) in [7, 11) is 3.09. The van der Waals surface area contributed by atoms with Crippen LogP contribution in [0.15, 0.2) is 0 Å². The molecule has 1 atom stereocenters. The minimum absolute atomic E-state index is 0.0135. The Morgan fingerprint density at radius 3 is 2.60 bits per heavy atom. The molecular weight excluding hydrogens is 220 g/mol. The maximum absolute atomic E-state index is 11.3. The molecule has 0 aliphatic rings. The fourth-order valence-corrected chi connectivity index (χ4v) is 1.11. The largest absolute Gasteiger partial charge is 0.383 e. The number of carbonyl (C=O) groups excluding carboxylic acids is 2. The molecule has 15 heavy (non-hydrogen) atoms. The minimum atomic E-state index is -0.609. The second-order valence-corrected chi connectivity index (χ2v) is 3.81. The number of alkyl halides is 1. The normalized spacial score (nSPS) is 12.0. The number of amides is 2. The highest BCUT2D eigenvalue weighted by atomic mass is 35.5. The van der Waals surface area contributed by atoms with Crippen LogP contribution in [0.5, 0.6) is 0 Å². The van der Waals surface area contributed by atoms with Crippen LogP contribution in [0.4, 0.5) is 0 Å². The van der Waals surface area contributed by atoms with E-state index in [0.29, 0.717) is 13.2 Å². The summed E-state index contributed by atoms with van der Waals surface area (Å²) in [6.07, 6.45) is 0. The summed E-state index contributed by atoms with van der Waals surface area (Å²) in [6.45, 7) is 2.48. The molecule has 0 aromatic rings. The van der Waals surface area contributed by atoms with Gasteiger partial charge in [-0.1, -0.05) is 0 Å². The Bertz CT molecular complexity index is 221. The van der Waals surface area contributed by atoms with Crippen molar-refractivity contribution >= 4 is 23.4 Å². The average Bonchev–Trinajstić information content (AvgIpc) is 2.16. The predicted molar refractivity (Wildman–Crippen MR) is 57.8 cm³/mol. The SMILES string of the molecule is COCCNC(=O)CN(C)C(=O)C(C)Cl. The molecule has 0 radical (unpaired) electrons. The van der Waals surface area contributed by atoms with Crippen LogP contribution in [0.25, 0.3) is 0 Å². The summed E-state index contributed by atoms with van der Waals surface area (Å²) >= 11 is 5.59. The van der Waals surface area contributed by atoms with E-state index in [1.807, 2.05) is 0 Å². The lowest BCUT2D eigenvalue weighted by atomic mass is 10.4. The van der Waals surface area contributed by atoms with Gasteiger partial charge in [-0.05, 0) is 6.92 Å². The standard InChI is InChI=1S/C9H17ClN2O3/c1-7(10)9(14)12(2)6-8(13)11-4-5-15-3/h7H,4-6H2,1-3H3,(H,11,13). The van der Waals surface area contributed by atoms with E-state index in [1.54, 1.807) is 14.0 Å². The van der Waals surface area contributed by atoms with Crippen LogP contribution in [-0.2, 0) is 14.3 Å². The van der Waals surface area contributed by atoms with Crippen LogP contribution in [-0.4, -0.2) is 55.9 Å². The van der Waals surface area contributed by atoms with Crippen molar-refractivity contribution in [2.24, 2.45) is 0 Å². The zero-order chi connectivity index (χ0) is 11.8. The van der Waals surface area contributed by atoms with Gasteiger partial charge in [0.05, 0.1) is 13.2 Å². The molecule has 1 N–H and O–H groups in total. The molecule has 0 aliphatic carbocycles. The number of halogens is 1. The van der Waals surface area contributed by atoms with Crippen molar-refractivity contribution < 1.29 is 14.3 Å². The molecule has 0 rings (SSSR count). The first-order valence-electron chi connectivity index (χ1n) is 4.63. The van der Waals surface area contributed by atoms with Crippen LogP contribution in [0.2, 0.25) is 0 Å². The van der Waals surface area contributed by atoms with Crippen molar-refractivity contribution in [3.63, 3.8) is 0 Å². The predicted octanol–water partition coefficient (Wildman–Crippen LogP) is -0.165. The molecular formula is C9H17ClN2O3. The summed E-state index contributed by atoms with van der Waals surface area (Å²) < 4.78 is 4.77. The van der Waals surface area contributed by atoms with Crippen LogP contribution >= 0.6 is 11.6 Å². The maximum atomic E-state index is 11.3. The molecule has 0 aliphatic heterocycles. The Kier molecular flexibility index (Phi) is 7.07. The molecule has 0 saturated carbocycles. The number of nitrogens with zero attached hydrogens (tertiary/aromatic N) is 1. The highest BCUT2D eigenvalue weighted by Crippen LogP contribution is 1.98. The summed E-state index contributed by atoms with van der Waals surface area (Å²) in [4.78, 5) is 23.8. The maximum Gasteiger partial charge on any atom is 0.240 e. The van der Waals surface area contributed by atoms with E-state index in [1.165, 1.54) is 11.9 Å². The zero-order valence-electron chi connectivity index (χ0n) is 9.25. The van der Waals surface area contributed by atoms with Gasteiger partial charge in [0.2, 0.25) is 11.8 Å². The summed E-state index contributed by atoms with van der Waals surface area (Å²) in [5.41, 5.74) is 0. The molecule has 0 fully saturated rings. The summed E-state index contributed by atoms with van der Waals surface area (Å²) in [5.74, 6) is -0.487. The van der Waals surface area contributed by atoms with E-state index in [-0.39, 0.29) is 18.4 Å². The van der Waals surface area contributed by atoms with E-state index in [0.717, 1.165) is 0 Å². The lowest BCUT2D eigenvalue weighted by Gasteiger charge is -2.17. The molecule has 0 aromatic carbocycles. The number of rotatable bonds is 6. The first kappa shape index (κ1) is 14.2. The molecule has 0 aromatic heterocycles. The van der Waals surface area contributed by atoms with E-state index >= 15 is 0 Å². The number of carbonyl (C=O) groups is 2. The van der Waals surface area contributed by atoms with E-state index in [9.17, 15) is 9.59 Å². The second kappa shape index (κ2) is 7.48. The van der Waals surface area contributed by atoms with E-state index in [2.05, 4.69) is 5.32 Å². The van der Waals surface area contributed by atoms with Gasteiger partial charge in [0.15, 0.2) is 0 Å². The van der Waals surface area contributed by atoms with Gasteiger partial charge in [0, 0.05) is 20.7 Å². The molecule has 0 spiro atoms. The molecule has 0 heterocycles. The third-order valence-corrected chi connectivity index (χ3v) is 1.91. The number of ether oxygens (including phenoxy) is 1. The summed E-state index contributed by atoms with van der Waals surface area (Å²) in [5, 5.41) is 2.00. The monoisotopic (exact) mass is 236 g/mol. The van der Waals surface area contributed by atoms with Gasteiger partial charge in [0.25, 0.3) is 0 Å². The Morgan fingerprint density at radius 2 is 2.13 bits per heavy atom. The Labute approximate surface area is 94.7 Å². The van der Waals surface area contributed by atoms with Crippen LogP contribution < -0.4 is 5.32 Å². The van der Waals surface area contributed by atoms with Crippen LogP contribution in [0, 0.1) is 0 Å². The number of hydrogen-bond donors (Lipinski definition) is 1. The van der Waals surface area contributed by atoms with Gasteiger partial charge < -0.3 is 15.0 Å². The number of hydrogen-bond acceptors (Lipinski definition) is 3. The number of nitrogens with one attached hydrogen (secondary N) is 1. The summed E-state index contributed by atoms with van der Waals surface area (Å²) in [6, 6.07) is 0. The molecule has 2 amide bonds. The topological polar surface area (TPSA) is 58.6 Å². The second-order valence-electron chi connectivity index (χ2n) is 3.15. The van der Waals surface area contributed by atoms with Gasteiger partial charge in [-0.2, -0.15) is 0 Å². The quantitative estimate of drug-likeness (QED) is 0.515. The Hall–Kier alpha value is -0.810. The lowest BCUT2D eigenvalue weighted by Crippen LogP contribution is -2.41. The first-order chi connectivity index (χ1) is 6.99. The van der Waals surface area contributed by atoms with Crippen LogP contribution in [0.1, 0.15) is 6.92 Å². The molecule has 0 saturated heterocycles.